The fraction of sp³-hybridized carbons (Fsp3) is 0.188. The normalized spacial score (nSPS) is 10.2. The monoisotopic (exact) mass is 382 g/mol. The summed E-state index contributed by atoms with van der Waals surface area (Å²) in [5.41, 5.74) is 2.11. The van der Waals surface area contributed by atoms with E-state index >= 15 is 0 Å². The summed E-state index contributed by atoms with van der Waals surface area (Å²) in [5.74, 6) is 1.04. The van der Waals surface area contributed by atoms with E-state index in [9.17, 15) is 4.79 Å². The Morgan fingerprint density at radius 2 is 1.50 bits per heavy atom. The topological polar surface area (TPSA) is 35.5 Å². The predicted molar refractivity (Wildman–Crippen MR) is 86.9 cm³/mol. The van der Waals surface area contributed by atoms with Crippen molar-refractivity contribution in [1.29, 1.82) is 0 Å². The van der Waals surface area contributed by atoms with Gasteiger partial charge in [0.05, 0.1) is 25.3 Å². The van der Waals surface area contributed by atoms with Gasteiger partial charge in [-0.05, 0) is 59.8 Å². The van der Waals surface area contributed by atoms with Gasteiger partial charge in [0, 0.05) is 3.57 Å². The summed E-state index contributed by atoms with van der Waals surface area (Å²) in [6, 6.07) is 11.1. The van der Waals surface area contributed by atoms with Gasteiger partial charge in [-0.15, -0.1) is 0 Å². The van der Waals surface area contributed by atoms with Gasteiger partial charge in [0.15, 0.2) is 0 Å². The highest BCUT2D eigenvalue weighted by Gasteiger charge is 2.18. The molecule has 0 heterocycles. The van der Waals surface area contributed by atoms with Crippen molar-refractivity contribution in [1.82, 2.24) is 0 Å². The third kappa shape index (κ3) is 2.95. The molecule has 2 aromatic carbocycles. The minimum Gasteiger partial charge on any atom is -0.496 e. The van der Waals surface area contributed by atoms with Gasteiger partial charge in [0.25, 0.3) is 0 Å². The molecule has 2 rings (SSSR count). The first-order valence-corrected chi connectivity index (χ1v) is 7.17. The van der Waals surface area contributed by atoms with Crippen molar-refractivity contribution < 1.29 is 14.3 Å². The van der Waals surface area contributed by atoms with Crippen LogP contribution in [0.2, 0.25) is 0 Å². The molecule has 0 fully saturated rings. The zero-order valence-electron chi connectivity index (χ0n) is 11.6. The van der Waals surface area contributed by atoms with Crippen LogP contribution in [0.25, 0.3) is 0 Å². The molecule has 0 aliphatic carbocycles. The summed E-state index contributed by atoms with van der Waals surface area (Å²) < 4.78 is 11.5. The van der Waals surface area contributed by atoms with Gasteiger partial charge >= 0.3 is 0 Å². The molecule has 0 saturated carbocycles. The second kappa shape index (κ2) is 6.26. The van der Waals surface area contributed by atoms with E-state index in [4.69, 9.17) is 9.47 Å². The summed E-state index contributed by atoms with van der Waals surface area (Å²) >= 11 is 2.18. The number of rotatable bonds is 4. The first kappa shape index (κ1) is 14.8. The number of hydrogen-bond acceptors (Lipinski definition) is 3. The summed E-state index contributed by atoms with van der Waals surface area (Å²) in [6.45, 7) is 1.95. The lowest BCUT2D eigenvalue weighted by molar-refractivity contribution is 0.103. The Labute approximate surface area is 132 Å². The molecule has 0 unspecified atom stereocenters. The highest BCUT2D eigenvalue weighted by molar-refractivity contribution is 14.1. The molecule has 104 valence electrons. The Kier molecular flexibility index (Phi) is 4.65. The van der Waals surface area contributed by atoms with Crippen LogP contribution in [0.15, 0.2) is 36.4 Å². The van der Waals surface area contributed by atoms with Crippen LogP contribution in [-0.4, -0.2) is 20.0 Å². The Balaban J connectivity index is 2.56. The third-order valence-corrected chi connectivity index (χ3v) is 3.68. The lowest BCUT2D eigenvalue weighted by Crippen LogP contribution is -2.07. The van der Waals surface area contributed by atoms with Crippen LogP contribution in [0.4, 0.5) is 0 Å². The third-order valence-electron chi connectivity index (χ3n) is 3.01. The van der Waals surface area contributed by atoms with E-state index in [1.807, 2.05) is 37.3 Å². The molecule has 0 amide bonds. The van der Waals surface area contributed by atoms with E-state index in [1.165, 1.54) is 0 Å². The highest BCUT2D eigenvalue weighted by Crippen LogP contribution is 2.28. The lowest BCUT2D eigenvalue weighted by atomic mass is 10.00. The molecule has 0 atom stereocenters. The van der Waals surface area contributed by atoms with Crippen LogP contribution in [0.1, 0.15) is 21.5 Å². The smallest absolute Gasteiger partial charge is 0.200 e. The van der Waals surface area contributed by atoms with Crippen LogP contribution < -0.4 is 9.47 Å². The molecular formula is C16H15IO3. The van der Waals surface area contributed by atoms with Gasteiger partial charge in [0.1, 0.15) is 11.5 Å². The average Bonchev–Trinajstić information content (AvgIpc) is 2.46. The van der Waals surface area contributed by atoms with E-state index in [-0.39, 0.29) is 5.78 Å². The maximum Gasteiger partial charge on any atom is 0.200 e. The van der Waals surface area contributed by atoms with Crippen molar-refractivity contribution in [3.05, 3.63) is 56.7 Å². The molecule has 2 aromatic rings. The van der Waals surface area contributed by atoms with Crippen LogP contribution in [0.3, 0.4) is 0 Å². The van der Waals surface area contributed by atoms with Crippen LogP contribution >= 0.6 is 22.6 Å². The van der Waals surface area contributed by atoms with Crippen molar-refractivity contribution in [2.45, 2.75) is 6.92 Å². The first-order chi connectivity index (χ1) is 9.56. The van der Waals surface area contributed by atoms with Crippen molar-refractivity contribution in [2.24, 2.45) is 0 Å². The van der Waals surface area contributed by atoms with Gasteiger partial charge in [-0.1, -0.05) is 11.6 Å². The predicted octanol–water partition coefficient (Wildman–Crippen LogP) is 3.85. The molecule has 0 aliphatic rings. The van der Waals surface area contributed by atoms with E-state index in [0.29, 0.717) is 22.6 Å². The van der Waals surface area contributed by atoms with E-state index in [2.05, 4.69) is 22.6 Å². The first-order valence-electron chi connectivity index (χ1n) is 6.09. The van der Waals surface area contributed by atoms with Crippen LogP contribution in [-0.2, 0) is 0 Å². The van der Waals surface area contributed by atoms with Crippen molar-refractivity contribution in [3.63, 3.8) is 0 Å². The second-order valence-corrected chi connectivity index (χ2v) is 5.62. The fourth-order valence-electron chi connectivity index (χ4n) is 2.00. The molecule has 0 spiro atoms. The number of methoxy groups -OCH3 is 2. The van der Waals surface area contributed by atoms with Crippen LogP contribution in [0.5, 0.6) is 11.5 Å². The van der Waals surface area contributed by atoms with Gasteiger partial charge < -0.3 is 9.47 Å². The summed E-state index contributed by atoms with van der Waals surface area (Å²) in [7, 11) is 3.12. The maximum atomic E-state index is 12.7. The van der Waals surface area contributed by atoms with Gasteiger partial charge in [-0.3, -0.25) is 4.79 Å². The second-order valence-electron chi connectivity index (χ2n) is 4.38. The number of benzene rings is 2. The van der Waals surface area contributed by atoms with Gasteiger partial charge in [0.2, 0.25) is 5.78 Å². The quantitative estimate of drug-likeness (QED) is 0.596. The zero-order valence-corrected chi connectivity index (χ0v) is 13.7. The number of ketones is 1. The van der Waals surface area contributed by atoms with E-state index in [1.54, 1.807) is 20.3 Å². The minimum absolute atomic E-state index is 0.0964. The number of carbonyl (C=O) groups is 1. The molecular weight excluding hydrogens is 367 g/mol. The summed E-state index contributed by atoms with van der Waals surface area (Å²) in [6.07, 6.45) is 0. The Hall–Kier alpha value is -1.56. The zero-order chi connectivity index (χ0) is 14.7. The summed E-state index contributed by atoms with van der Waals surface area (Å²) in [5, 5.41) is 0. The number of halogens is 1. The SMILES string of the molecule is COc1ccc(C)cc1C(=O)c1cc(I)ccc1OC. The standard InChI is InChI=1S/C16H15IO3/c1-10-4-6-14(19-2)12(8-10)16(18)13-9-11(17)5-7-15(13)20-3/h4-9H,1-3H3. The lowest BCUT2D eigenvalue weighted by Gasteiger charge is -2.11. The van der Waals surface area contributed by atoms with E-state index in [0.717, 1.165) is 9.13 Å². The maximum absolute atomic E-state index is 12.7. The summed E-state index contributed by atoms with van der Waals surface area (Å²) in [4.78, 5) is 12.7. The van der Waals surface area contributed by atoms with Crippen LogP contribution in [0, 0.1) is 10.5 Å². The molecule has 0 saturated heterocycles. The van der Waals surface area contributed by atoms with E-state index < -0.39 is 0 Å². The Morgan fingerprint density at radius 3 is 2.10 bits per heavy atom. The number of aryl methyl sites for hydroxylation is 1. The molecule has 0 aliphatic heterocycles. The highest BCUT2D eigenvalue weighted by atomic mass is 127. The largest absolute Gasteiger partial charge is 0.496 e. The Bertz CT molecular complexity index is 595. The minimum atomic E-state index is -0.0964. The fourth-order valence-corrected chi connectivity index (χ4v) is 2.49. The van der Waals surface area contributed by atoms with Crippen molar-refractivity contribution in [3.8, 4) is 11.5 Å². The van der Waals surface area contributed by atoms with Gasteiger partial charge in [-0.25, -0.2) is 0 Å². The average molecular weight is 382 g/mol. The Morgan fingerprint density at radius 1 is 0.950 bits per heavy atom. The molecule has 0 N–H and O–H groups in total. The number of ether oxygens (including phenoxy) is 2. The molecule has 4 heteroatoms. The molecule has 3 nitrogen and oxygen atoms in total. The number of carbonyl (C=O) groups excluding carboxylic acids is 1. The molecule has 20 heavy (non-hydrogen) atoms. The molecule has 0 aromatic heterocycles. The van der Waals surface area contributed by atoms with Crippen molar-refractivity contribution >= 4 is 28.4 Å². The van der Waals surface area contributed by atoms with Gasteiger partial charge in [-0.2, -0.15) is 0 Å². The number of hydrogen-bond donors (Lipinski definition) is 0. The van der Waals surface area contributed by atoms with Crippen molar-refractivity contribution in [2.75, 3.05) is 14.2 Å². The molecule has 0 bridgehead atoms. The molecule has 0 radical (unpaired) electrons.